The number of thioether (sulfide) groups is 1. The second kappa shape index (κ2) is 5.12. The molecule has 0 aromatic heterocycles. The predicted molar refractivity (Wildman–Crippen MR) is 91.3 cm³/mol. The lowest BCUT2D eigenvalue weighted by Crippen LogP contribution is -2.11. The highest BCUT2D eigenvalue weighted by Gasteiger charge is 2.21. The molecule has 1 aliphatic heterocycles. The van der Waals surface area contributed by atoms with Crippen molar-refractivity contribution in [3.05, 3.63) is 71.3 Å². The number of nitrogens with one attached hydrogen (secondary N) is 1. The molecule has 0 radical (unpaired) electrons. The normalized spacial score (nSPS) is 19.8. The molecule has 1 atom stereocenters. The average molecular weight is 291 g/mol. The van der Waals surface area contributed by atoms with E-state index in [1.54, 1.807) is 0 Å². The summed E-state index contributed by atoms with van der Waals surface area (Å²) in [5.41, 5.74) is 5.06. The molecule has 0 saturated carbocycles. The van der Waals surface area contributed by atoms with Crippen LogP contribution in [0.2, 0.25) is 0 Å². The Morgan fingerprint density at radius 1 is 1.05 bits per heavy atom. The Morgan fingerprint density at radius 2 is 1.90 bits per heavy atom. The van der Waals surface area contributed by atoms with Crippen molar-refractivity contribution in [1.29, 1.82) is 0 Å². The third-order valence-electron chi connectivity index (χ3n) is 3.99. The first-order chi connectivity index (χ1) is 10.3. The molecule has 21 heavy (non-hydrogen) atoms. The van der Waals surface area contributed by atoms with Crippen molar-refractivity contribution in [2.75, 3.05) is 5.32 Å². The van der Waals surface area contributed by atoms with Crippen LogP contribution in [0.4, 0.5) is 5.69 Å². The molecule has 0 saturated heterocycles. The standard InChI is InChI=1S/C19H17NS/c1-13-7-9-16-18(11-13)21-19-12-15(8-10-17(19)20-16)14-5-3-2-4-6-14/h2-10,12-13,20H,11H2,1H3. The van der Waals surface area contributed by atoms with Crippen molar-refractivity contribution in [2.45, 2.75) is 18.2 Å². The van der Waals surface area contributed by atoms with E-state index in [4.69, 9.17) is 0 Å². The third kappa shape index (κ3) is 2.40. The van der Waals surface area contributed by atoms with Gasteiger partial charge in [0.15, 0.2) is 0 Å². The van der Waals surface area contributed by atoms with Crippen LogP contribution in [0.15, 0.2) is 76.2 Å². The molecule has 1 N–H and O–H groups in total. The Labute approximate surface area is 129 Å². The van der Waals surface area contributed by atoms with E-state index < -0.39 is 0 Å². The molecule has 0 fully saturated rings. The minimum absolute atomic E-state index is 0.636. The summed E-state index contributed by atoms with van der Waals surface area (Å²) in [7, 11) is 0. The Morgan fingerprint density at radius 3 is 2.76 bits per heavy atom. The summed E-state index contributed by atoms with van der Waals surface area (Å²) in [5.74, 6) is 0.636. The van der Waals surface area contributed by atoms with Crippen LogP contribution in [0.25, 0.3) is 11.1 Å². The van der Waals surface area contributed by atoms with Crippen LogP contribution in [0, 0.1) is 5.92 Å². The molecule has 2 aromatic rings. The Bertz CT molecular complexity index is 743. The number of hydrogen-bond donors (Lipinski definition) is 1. The summed E-state index contributed by atoms with van der Waals surface area (Å²) in [5, 5.41) is 3.57. The molecule has 0 spiro atoms. The lowest BCUT2D eigenvalue weighted by molar-refractivity contribution is 0.723. The molecule has 2 aromatic carbocycles. The van der Waals surface area contributed by atoms with Gasteiger partial charge in [-0.3, -0.25) is 0 Å². The maximum absolute atomic E-state index is 3.57. The van der Waals surface area contributed by atoms with E-state index in [2.05, 4.69) is 72.9 Å². The second-order valence-corrected chi connectivity index (χ2v) is 6.82. The first kappa shape index (κ1) is 12.8. The molecule has 1 unspecified atom stereocenters. The first-order valence-corrected chi connectivity index (χ1v) is 8.17. The Hall–Kier alpha value is -1.93. The molecule has 2 heteroatoms. The van der Waals surface area contributed by atoms with E-state index in [1.165, 1.54) is 32.3 Å². The molecule has 4 rings (SSSR count). The largest absolute Gasteiger partial charge is 0.354 e. The van der Waals surface area contributed by atoms with Crippen molar-refractivity contribution in [1.82, 2.24) is 0 Å². The van der Waals surface area contributed by atoms with E-state index >= 15 is 0 Å². The molecule has 2 aliphatic rings. The van der Waals surface area contributed by atoms with E-state index in [0.717, 1.165) is 6.42 Å². The fourth-order valence-electron chi connectivity index (χ4n) is 2.83. The topological polar surface area (TPSA) is 12.0 Å². The van der Waals surface area contributed by atoms with Gasteiger partial charge in [0, 0.05) is 15.5 Å². The molecule has 0 amide bonds. The monoisotopic (exact) mass is 291 g/mol. The Balaban J connectivity index is 1.70. The van der Waals surface area contributed by atoms with Gasteiger partial charge in [-0.15, -0.1) is 0 Å². The fraction of sp³-hybridized carbons (Fsp3) is 0.158. The van der Waals surface area contributed by atoms with Crippen LogP contribution in [0.3, 0.4) is 0 Å². The van der Waals surface area contributed by atoms with Crippen LogP contribution in [-0.2, 0) is 0 Å². The molecule has 1 heterocycles. The fourth-order valence-corrected chi connectivity index (χ4v) is 4.09. The number of hydrogen-bond acceptors (Lipinski definition) is 2. The van der Waals surface area contributed by atoms with Gasteiger partial charge in [-0.05, 0) is 41.7 Å². The maximum Gasteiger partial charge on any atom is 0.0526 e. The van der Waals surface area contributed by atoms with Crippen LogP contribution >= 0.6 is 11.8 Å². The average Bonchev–Trinajstić information content (AvgIpc) is 2.53. The summed E-state index contributed by atoms with van der Waals surface area (Å²) in [6, 6.07) is 17.3. The number of benzene rings is 2. The summed E-state index contributed by atoms with van der Waals surface area (Å²) in [4.78, 5) is 2.79. The smallest absolute Gasteiger partial charge is 0.0526 e. The second-order valence-electron chi connectivity index (χ2n) is 5.68. The number of allylic oxidation sites excluding steroid dienone is 3. The van der Waals surface area contributed by atoms with Gasteiger partial charge in [0.05, 0.1) is 5.69 Å². The van der Waals surface area contributed by atoms with E-state index in [0.29, 0.717) is 5.92 Å². The van der Waals surface area contributed by atoms with Crippen LogP contribution in [-0.4, -0.2) is 0 Å². The van der Waals surface area contributed by atoms with Gasteiger partial charge in [-0.25, -0.2) is 0 Å². The summed E-state index contributed by atoms with van der Waals surface area (Å²) < 4.78 is 0. The van der Waals surface area contributed by atoms with Gasteiger partial charge in [0.1, 0.15) is 0 Å². The van der Waals surface area contributed by atoms with Gasteiger partial charge in [-0.1, -0.05) is 61.2 Å². The minimum Gasteiger partial charge on any atom is -0.354 e. The third-order valence-corrected chi connectivity index (χ3v) is 5.18. The van der Waals surface area contributed by atoms with Gasteiger partial charge in [0.2, 0.25) is 0 Å². The highest BCUT2D eigenvalue weighted by molar-refractivity contribution is 8.03. The highest BCUT2D eigenvalue weighted by Crippen LogP contribution is 2.45. The van der Waals surface area contributed by atoms with Crippen LogP contribution in [0.5, 0.6) is 0 Å². The van der Waals surface area contributed by atoms with Gasteiger partial charge < -0.3 is 5.32 Å². The predicted octanol–water partition coefficient (Wildman–Crippen LogP) is 5.68. The zero-order valence-electron chi connectivity index (χ0n) is 12.0. The summed E-state index contributed by atoms with van der Waals surface area (Å²) >= 11 is 1.92. The van der Waals surface area contributed by atoms with Crippen molar-refractivity contribution >= 4 is 17.4 Å². The van der Waals surface area contributed by atoms with Gasteiger partial charge in [0.25, 0.3) is 0 Å². The summed E-state index contributed by atoms with van der Waals surface area (Å²) in [6.07, 6.45) is 5.65. The Kier molecular flexibility index (Phi) is 3.12. The van der Waals surface area contributed by atoms with E-state index in [9.17, 15) is 0 Å². The molecule has 1 nitrogen and oxygen atoms in total. The van der Waals surface area contributed by atoms with Gasteiger partial charge >= 0.3 is 0 Å². The molecule has 104 valence electrons. The van der Waals surface area contributed by atoms with Crippen LogP contribution in [0.1, 0.15) is 13.3 Å². The minimum atomic E-state index is 0.636. The molecular weight excluding hydrogens is 274 g/mol. The maximum atomic E-state index is 3.57. The molecule has 1 aliphatic carbocycles. The van der Waals surface area contributed by atoms with Crippen LogP contribution < -0.4 is 5.32 Å². The lowest BCUT2D eigenvalue weighted by atomic mass is 10.0. The van der Waals surface area contributed by atoms with Crippen molar-refractivity contribution in [3.63, 3.8) is 0 Å². The summed E-state index contributed by atoms with van der Waals surface area (Å²) in [6.45, 7) is 2.27. The zero-order chi connectivity index (χ0) is 14.2. The lowest BCUT2D eigenvalue weighted by Gasteiger charge is -2.27. The SMILES string of the molecule is CC1C=CC2=C(C1)Sc1cc(-c3ccccc3)ccc1N2. The number of fused-ring (bicyclic) bond motifs is 1. The quantitative estimate of drug-likeness (QED) is 0.725. The van der Waals surface area contributed by atoms with Crippen molar-refractivity contribution < 1.29 is 0 Å². The first-order valence-electron chi connectivity index (χ1n) is 7.35. The highest BCUT2D eigenvalue weighted by atomic mass is 32.2. The van der Waals surface area contributed by atoms with Crippen molar-refractivity contribution in [2.24, 2.45) is 5.92 Å². The van der Waals surface area contributed by atoms with E-state index in [-0.39, 0.29) is 0 Å². The number of rotatable bonds is 1. The zero-order valence-corrected chi connectivity index (χ0v) is 12.8. The molecule has 0 bridgehead atoms. The van der Waals surface area contributed by atoms with E-state index in [1.807, 2.05) is 11.8 Å². The van der Waals surface area contributed by atoms with Gasteiger partial charge in [-0.2, -0.15) is 0 Å². The van der Waals surface area contributed by atoms with Crippen molar-refractivity contribution in [3.8, 4) is 11.1 Å². The molecular formula is C19H17NS. The number of anilines is 1.